The number of carbonyl (C=O) groups is 1. The van der Waals surface area contributed by atoms with Crippen LogP contribution in [0.25, 0.3) is 11.6 Å². The molecule has 0 aliphatic carbocycles. The number of nitrogens with zero attached hydrogens (tertiary/aromatic N) is 1. The lowest BCUT2D eigenvalue weighted by Crippen LogP contribution is -2.04. The van der Waals surface area contributed by atoms with E-state index in [1.807, 2.05) is 54.6 Å². The van der Waals surface area contributed by atoms with Crippen LogP contribution < -0.4 is 0 Å². The highest BCUT2D eigenvalue weighted by molar-refractivity contribution is 6.31. The standard InChI is InChI=1S/C19H17NO3/c1-14(16-6-4-3-5-7-16)19(20-23-2)17-11-8-15(9-12-17)10-13-18(21)22/h3-13H,1H2,2H3,(H,21,22)/b13-10+,20-19-. The number of oxime groups is 1. The SMILES string of the molecule is C=C(/C(=N/OC)c1ccc(/C=C/C(=O)O)cc1)c1ccccc1. The number of carboxylic acid groups (broad SMARTS) is 1. The van der Waals surface area contributed by atoms with Gasteiger partial charge in [-0.25, -0.2) is 4.79 Å². The molecule has 0 aliphatic heterocycles. The second-order valence-electron chi connectivity index (χ2n) is 4.76. The van der Waals surface area contributed by atoms with E-state index in [1.54, 1.807) is 0 Å². The summed E-state index contributed by atoms with van der Waals surface area (Å²) in [5, 5.41) is 12.7. The van der Waals surface area contributed by atoms with Crippen LogP contribution in [0.3, 0.4) is 0 Å². The maximum absolute atomic E-state index is 10.5. The molecule has 0 heterocycles. The Balaban J connectivity index is 2.30. The fourth-order valence-electron chi connectivity index (χ4n) is 2.07. The van der Waals surface area contributed by atoms with E-state index < -0.39 is 5.97 Å². The summed E-state index contributed by atoms with van der Waals surface area (Å²) in [7, 11) is 1.49. The van der Waals surface area contributed by atoms with Gasteiger partial charge in [0.2, 0.25) is 0 Å². The number of allylic oxidation sites excluding steroid dienone is 1. The number of carboxylic acids is 1. The summed E-state index contributed by atoms with van der Waals surface area (Å²) in [5.74, 6) is -0.979. The molecular formula is C19H17NO3. The molecule has 0 aliphatic rings. The molecule has 116 valence electrons. The third kappa shape index (κ3) is 4.41. The van der Waals surface area contributed by atoms with Gasteiger partial charge in [0, 0.05) is 17.2 Å². The van der Waals surface area contributed by atoms with Crippen molar-refractivity contribution >= 4 is 23.3 Å². The van der Waals surface area contributed by atoms with Crippen molar-refractivity contribution in [1.82, 2.24) is 0 Å². The monoisotopic (exact) mass is 307 g/mol. The van der Waals surface area contributed by atoms with Gasteiger partial charge < -0.3 is 9.94 Å². The normalized spacial score (nSPS) is 11.4. The van der Waals surface area contributed by atoms with Crippen molar-refractivity contribution in [1.29, 1.82) is 0 Å². The lowest BCUT2D eigenvalue weighted by atomic mass is 9.97. The quantitative estimate of drug-likeness (QED) is 0.501. The van der Waals surface area contributed by atoms with Gasteiger partial charge in [-0.15, -0.1) is 0 Å². The van der Waals surface area contributed by atoms with Crippen LogP contribution in [-0.2, 0) is 9.63 Å². The van der Waals surface area contributed by atoms with E-state index in [0.29, 0.717) is 5.71 Å². The van der Waals surface area contributed by atoms with E-state index in [1.165, 1.54) is 13.2 Å². The molecule has 4 heteroatoms. The Morgan fingerprint density at radius 1 is 1.09 bits per heavy atom. The van der Waals surface area contributed by atoms with E-state index in [-0.39, 0.29) is 0 Å². The molecule has 2 aromatic rings. The first-order chi connectivity index (χ1) is 11.1. The zero-order valence-corrected chi connectivity index (χ0v) is 12.8. The van der Waals surface area contributed by atoms with Crippen LogP contribution >= 0.6 is 0 Å². The van der Waals surface area contributed by atoms with Crippen molar-refractivity contribution in [3.05, 3.63) is 83.9 Å². The number of benzene rings is 2. The average molecular weight is 307 g/mol. The molecule has 2 aromatic carbocycles. The van der Waals surface area contributed by atoms with Crippen molar-refractivity contribution in [2.45, 2.75) is 0 Å². The molecule has 0 atom stereocenters. The van der Waals surface area contributed by atoms with Crippen molar-refractivity contribution in [2.75, 3.05) is 7.11 Å². The third-order valence-corrected chi connectivity index (χ3v) is 3.19. The molecule has 0 saturated heterocycles. The Hall–Kier alpha value is -3.14. The first-order valence-electron chi connectivity index (χ1n) is 6.99. The average Bonchev–Trinajstić information content (AvgIpc) is 2.58. The van der Waals surface area contributed by atoms with Crippen LogP contribution in [-0.4, -0.2) is 23.9 Å². The maximum atomic E-state index is 10.5. The van der Waals surface area contributed by atoms with Gasteiger partial charge in [-0.3, -0.25) is 0 Å². The summed E-state index contributed by atoms with van der Waals surface area (Å²) >= 11 is 0. The molecule has 0 radical (unpaired) electrons. The zero-order valence-electron chi connectivity index (χ0n) is 12.8. The smallest absolute Gasteiger partial charge is 0.328 e. The molecule has 0 saturated carbocycles. The zero-order chi connectivity index (χ0) is 16.7. The van der Waals surface area contributed by atoms with E-state index in [0.717, 1.165) is 28.3 Å². The third-order valence-electron chi connectivity index (χ3n) is 3.19. The number of rotatable bonds is 6. The summed E-state index contributed by atoms with van der Waals surface area (Å²) in [4.78, 5) is 15.5. The van der Waals surface area contributed by atoms with Gasteiger partial charge in [0.25, 0.3) is 0 Å². The summed E-state index contributed by atoms with van der Waals surface area (Å²) in [5.41, 5.74) is 3.97. The van der Waals surface area contributed by atoms with Crippen LogP contribution in [0, 0.1) is 0 Å². The molecule has 0 amide bonds. The molecule has 4 nitrogen and oxygen atoms in total. The van der Waals surface area contributed by atoms with E-state index in [4.69, 9.17) is 9.94 Å². The van der Waals surface area contributed by atoms with Crippen molar-refractivity contribution in [2.24, 2.45) is 5.16 Å². The second-order valence-corrected chi connectivity index (χ2v) is 4.76. The van der Waals surface area contributed by atoms with E-state index >= 15 is 0 Å². The Labute approximate surface area is 135 Å². The fourth-order valence-corrected chi connectivity index (χ4v) is 2.07. The minimum Gasteiger partial charge on any atom is -0.478 e. The summed E-state index contributed by atoms with van der Waals surface area (Å²) in [6.45, 7) is 4.10. The van der Waals surface area contributed by atoms with Crippen molar-refractivity contribution < 1.29 is 14.7 Å². The van der Waals surface area contributed by atoms with Gasteiger partial charge in [-0.2, -0.15) is 0 Å². The lowest BCUT2D eigenvalue weighted by molar-refractivity contribution is -0.131. The van der Waals surface area contributed by atoms with Gasteiger partial charge in [-0.05, 0) is 17.2 Å². The lowest BCUT2D eigenvalue weighted by Gasteiger charge is -2.10. The molecular weight excluding hydrogens is 290 g/mol. The first kappa shape index (κ1) is 16.2. The number of hydrogen-bond donors (Lipinski definition) is 1. The van der Waals surface area contributed by atoms with Crippen LogP contribution in [0.5, 0.6) is 0 Å². The predicted molar refractivity (Wildman–Crippen MR) is 92.1 cm³/mol. The van der Waals surface area contributed by atoms with Crippen LogP contribution in [0.1, 0.15) is 16.7 Å². The largest absolute Gasteiger partial charge is 0.478 e. The van der Waals surface area contributed by atoms with E-state index in [9.17, 15) is 4.79 Å². The molecule has 1 N–H and O–H groups in total. The fraction of sp³-hybridized carbons (Fsp3) is 0.0526. The highest BCUT2D eigenvalue weighted by Crippen LogP contribution is 2.20. The Morgan fingerprint density at radius 2 is 1.74 bits per heavy atom. The predicted octanol–water partition coefficient (Wildman–Crippen LogP) is 3.85. The molecule has 2 rings (SSSR count). The van der Waals surface area contributed by atoms with Crippen LogP contribution in [0.4, 0.5) is 0 Å². The van der Waals surface area contributed by atoms with E-state index in [2.05, 4.69) is 11.7 Å². The maximum Gasteiger partial charge on any atom is 0.328 e. The Bertz CT molecular complexity index is 744. The highest BCUT2D eigenvalue weighted by Gasteiger charge is 2.11. The summed E-state index contributed by atoms with van der Waals surface area (Å²) in [6.07, 6.45) is 2.63. The highest BCUT2D eigenvalue weighted by atomic mass is 16.6. The molecule has 0 unspecified atom stereocenters. The molecule has 0 spiro atoms. The van der Waals surface area contributed by atoms with Gasteiger partial charge in [0.05, 0.1) is 0 Å². The Kier molecular flexibility index (Phi) is 5.47. The van der Waals surface area contributed by atoms with Crippen molar-refractivity contribution in [3.63, 3.8) is 0 Å². The number of aliphatic carboxylic acids is 1. The van der Waals surface area contributed by atoms with Crippen LogP contribution in [0.2, 0.25) is 0 Å². The summed E-state index contributed by atoms with van der Waals surface area (Å²) in [6, 6.07) is 17.1. The molecule has 0 bridgehead atoms. The van der Waals surface area contributed by atoms with Gasteiger partial charge in [0.15, 0.2) is 0 Å². The molecule has 23 heavy (non-hydrogen) atoms. The summed E-state index contributed by atoms with van der Waals surface area (Å²) < 4.78 is 0. The molecule has 0 fully saturated rings. The van der Waals surface area contributed by atoms with Crippen molar-refractivity contribution in [3.8, 4) is 0 Å². The van der Waals surface area contributed by atoms with Crippen LogP contribution in [0.15, 0.2) is 72.4 Å². The second kappa shape index (κ2) is 7.75. The first-order valence-corrected chi connectivity index (χ1v) is 6.99. The van der Waals surface area contributed by atoms with Gasteiger partial charge in [-0.1, -0.05) is 66.3 Å². The molecule has 0 aromatic heterocycles. The minimum absolute atomic E-state index is 0.632. The number of hydrogen-bond acceptors (Lipinski definition) is 3. The minimum atomic E-state index is -0.979. The Morgan fingerprint density at radius 3 is 2.30 bits per heavy atom. The van der Waals surface area contributed by atoms with Gasteiger partial charge in [0.1, 0.15) is 12.8 Å². The topological polar surface area (TPSA) is 58.9 Å². The van der Waals surface area contributed by atoms with Gasteiger partial charge >= 0.3 is 5.97 Å².